The van der Waals surface area contributed by atoms with Crippen molar-refractivity contribution in [3.8, 4) is 5.75 Å². The summed E-state index contributed by atoms with van der Waals surface area (Å²) >= 11 is 8.67. The lowest BCUT2D eigenvalue weighted by Crippen LogP contribution is -2.52. The molecule has 23 heavy (non-hydrogen) atoms. The molecule has 1 amide bonds. The van der Waals surface area contributed by atoms with Gasteiger partial charge in [0.05, 0.1) is 6.61 Å². The number of carbonyl (C=O) groups excluding carboxylic acids is 1. The van der Waals surface area contributed by atoms with Crippen molar-refractivity contribution in [1.29, 1.82) is 0 Å². The summed E-state index contributed by atoms with van der Waals surface area (Å²) < 4.78 is 12.7. The monoisotopic (exact) mass is 396 g/mol. The van der Waals surface area contributed by atoms with Crippen molar-refractivity contribution in [2.45, 2.75) is 30.9 Å². The van der Waals surface area contributed by atoms with Gasteiger partial charge in [-0.05, 0) is 43.3 Å². The van der Waals surface area contributed by atoms with Gasteiger partial charge in [0.2, 0.25) is 0 Å². The van der Waals surface area contributed by atoms with E-state index in [0.29, 0.717) is 24.1 Å². The van der Waals surface area contributed by atoms with Crippen LogP contribution in [0.3, 0.4) is 0 Å². The van der Waals surface area contributed by atoms with E-state index in [0.717, 1.165) is 35.2 Å². The fourth-order valence-corrected chi connectivity index (χ4v) is 4.33. The Bertz CT molecular complexity index is 677. The molecule has 1 aromatic carbocycles. The van der Waals surface area contributed by atoms with Gasteiger partial charge in [0, 0.05) is 29.0 Å². The van der Waals surface area contributed by atoms with Crippen LogP contribution in [0, 0.1) is 5.92 Å². The molecular weight excluding hydrogens is 380 g/mol. The minimum absolute atomic E-state index is 0.0666. The molecule has 2 fully saturated rings. The van der Waals surface area contributed by atoms with Gasteiger partial charge in [-0.25, -0.2) is 0 Å². The van der Waals surface area contributed by atoms with E-state index in [1.807, 2.05) is 18.2 Å². The molecule has 2 N–H and O–H groups in total. The summed E-state index contributed by atoms with van der Waals surface area (Å²) in [5.41, 5.74) is -0.0199. The van der Waals surface area contributed by atoms with Crippen molar-refractivity contribution in [1.82, 2.24) is 10.6 Å². The zero-order chi connectivity index (χ0) is 16.0. The number of benzene rings is 1. The third kappa shape index (κ3) is 2.55. The molecule has 0 saturated carbocycles. The number of nitrogens with one attached hydrogen (secondary N) is 2. The first kappa shape index (κ1) is 15.4. The third-order valence-corrected chi connectivity index (χ3v) is 5.55. The first-order valence-electron chi connectivity index (χ1n) is 7.76. The molecule has 3 heterocycles. The van der Waals surface area contributed by atoms with Gasteiger partial charge in [0.1, 0.15) is 11.9 Å². The highest BCUT2D eigenvalue weighted by atomic mass is 79.9. The highest BCUT2D eigenvalue weighted by Gasteiger charge is 2.53. The Balaban J connectivity index is 1.76. The SMILES string of the molecule is O=C1NC(=S)NC12CC(C1CCCOC1)Oc1ccc(Br)cc12. The van der Waals surface area contributed by atoms with Gasteiger partial charge < -0.3 is 20.1 Å². The third-order valence-electron chi connectivity index (χ3n) is 4.85. The molecule has 3 aliphatic heterocycles. The molecule has 3 atom stereocenters. The first-order valence-corrected chi connectivity index (χ1v) is 8.97. The second-order valence-corrected chi connectivity index (χ2v) is 7.62. The van der Waals surface area contributed by atoms with E-state index in [4.69, 9.17) is 21.7 Å². The molecule has 4 rings (SSSR count). The standard InChI is InChI=1S/C16H17BrN2O3S/c17-10-3-4-12-11(6-10)16(14(20)18-15(23)19-16)7-13(22-12)9-2-1-5-21-8-9/h3-4,6,9,13H,1-2,5,7-8H2,(H2,18,19,20,23). The van der Waals surface area contributed by atoms with E-state index in [2.05, 4.69) is 26.6 Å². The maximum atomic E-state index is 12.7. The Hall–Kier alpha value is -1.18. The number of hydrogen-bond acceptors (Lipinski definition) is 4. The van der Waals surface area contributed by atoms with Crippen molar-refractivity contribution in [3.63, 3.8) is 0 Å². The van der Waals surface area contributed by atoms with E-state index < -0.39 is 5.54 Å². The zero-order valence-electron chi connectivity index (χ0n) is 12.4. The lowest BCUT2D eigenvalue weighted by atomic mass is 9.78. The second kappa shape index (κ2) is 5.72. The van der Waals surface area contributed by atoms with Gasteiger partial charge >= 0.3 is 0 Å². The lowest BCUT2D eigenvalue weighted by molar-refractivity contribution is -0.127. The molecule has 0 radical (unpaired) electrons. The average Bonchev–Trinajstić information content (AvgIpc) is 2.83. The summed E-state index contributed by atoms with van der Waals surface area (Å²) in [6.45, 7) is 1.49. The molecule has 3 aliphatic rings. The van der Waals surface area contributed by atoms with Gasteiger partial charge in [-0.15, -0.1) is 0 Å². The lowest BCUT2D eigenvalue weighted by Gasteiger charge is -2.41. The highest BCUT2D eigenvalue weighted by Crippen LogP contribution is 2.44. The molecule has 1 spiro atoms. The van der Waals surface area contributed by atoms with Crippen LogP contribution in [0.15, 0.2) is 22.7 Å². The van der Waals surface area contributed by atoms with Gasteiger partial charge in [-0.3, -0.25) is 4.79 Å². The topological polar surface area (TPSA) is 59.6 Å². The largest absolute Gasteiger partial charge is 0.490 e. The van der Waals surface area contributed by atoms with Gasteiger partial charge in [-0.1, -0.05) is 15.9 Å². The molecular formula is C16H17BrN2O3S. The molecule has 2 saturated heterocycles. The predicted molar refractivity (Wildman–Crippen MR) is 92.3 cm³/mol. The molecule has 0 aliphatic carbocycles. The second-order valence-electron chi connectivity index (χ2n) is 6.29. The summed E-state index contributed by atoms with van der Waals surface area (Å²) in [5.74, 6) is 0.926. The molecule has 0 aromatic heterocycles. The fraction of sp³-hybridized carbons (Fsp3) is 0.500. The number of halogens is 1. The van der Waals surface area contributed by atoms with Crippen LogP contribution in [-0.4, -0.2) is 30.3 Å². The Morgan fingerprint density at radius 2 is 2.26 bits per heavy atom. The Morgan fingerprint density at radius 3 is 2.96 bits per heavy atom. The highest BCUT2D eigenvalue weighted by molar-refractivity contribution is 9.10. The maximum absolute atomic E-state index is 12.7. The number of ether oxygens (including phenoxy) is 2. The number of hydrogen-bond donors (Lipinski definition) is 2. The molecule has 1 aromatic rings. The minimum atomic E-state index is -0.851. The van der Waals surface area contributed by atoms with Crippen molar-refractivity contribution in [2.75, 3.05) is 13.2 Å². The van der Waals surface area contributed by atoms with Crippen LogP contribution in [0.5, 0.6) is 5.75 Å². The van der Waals surface area contributed by atoms with E-state index in [1.54, 1.807) is 0 Å². The average molecular weight is 397 g/mol. The van der Waals surface area contributed by atoms with Crippen LogP contribution in [-0.2, 0) is 15.1 Å². The summed E-state index contributed by atoms with van der Waals surface area (Å²) in [7, 11) is 0. The summed E-state index contributed by atoms with van der Waals surface area (Å²) in [6, 6.07) is 5.77. The molecule has 7 heteroatoms. The number of rotatable bonds is 1. The summed E-state index contributed by atoms with van der Waals surface area (Å²) in [6.07, 6.45) is 2.57. The molecule has 122 valence electrons. The smallest absolute Gasteiger partial charge is 0.256 e. The van der Waals surface area contributed by atoms with E-state index >= 15 is 0 Å². The quantitative estimate of drug-likeness (QED) is 0.712. The van der Waals surface area contributed by atoms with Crippen molar-refractivity contribution >= 4 is 39.2 Å². The van der Waals surface area contributed by atoms with Crippen LogP contribution in [0.4, 0.5) is 0 Å². The van der Waals surface area contributed by atoms with Crippen LogP contribution in [0.2, 0.25) is 0 Å². The first-order chi connectivity index (χ1) is 11.1. The zero-order valence-corrected chi connectivity index (χ0v) is 14.8. The molecule has 5 nitrogen and oxygen atoms in total. The number of fused-ring (bicyclic) bond motifs is 2. The van der Waals surface area contributed by atoms with Crippen LogP contribution in [0.1, 0.15) is 24.8 Å². The van der Waals surface area contributed by atoms with E-state index in [1.165, 1.54) is 0 Å². The molecule has 0 bridgehead atoms. The Labute approximate surface area is 148 Å². The number of thiocarbonyl (C=S) groups is 1. The van der Waals surface area contributed by atoms with Gasteiger partial charge in [-0.2, -0.15) is 0 Å². The van der Waals surface area contributed by atoms with E-state index in [-0.39, 0.29) is 12.0 Å². The van der Waals surface area contributed by atoms with Gasteiger partial charge in [0.25, 0.3) is 5.91 Å². The van der Waals surface area contributed by atoms with Crippen molar-refractivity contribution in [3.05, 3.63) is 28.2 Å². The normalized spacial score (nSPS) is 32.9. The van der Waals surface area contributed by atoms with Crippen molar-refractivity contribution < 1.29 is 14.3 Å². The molecule has 3 unspecified atom stereocenters. The Kier molecular flexibility index (Phi) is 3.82. The predicted octanol–water partition coefficient (Wildman–Crippen LogP) is 2.23. The van der Waals surface area contributed by atoms with Crippen molar-refractivity contribution in [2.24, 2.45) is 5.92 Å². The van der Waals surface area contributed by atoms with Crippen LogP contribution < -0.4 is 15.4 Å². The minimum Gasteiger partial charge on any atom is -0.490 e. The van der Waals surface area contributed by atoms with E-state index in [9.17, 15) is 4.79 Å². The van der Waals surface area contributed by atoms with Crippen LogP contribution >= 0.6 is 28.1 Å². The fourth-order valence-electron chi connectivity index (χ4n) is 3.70. The summed E-state index contributed by atoms with van der Waals surface area (Å²) in [5, 5.41) is 6.32. The Morgan fingerprint density at radius 1 is 1.39 bits per heavy atom. The van der Waals surface area contributed by atoms with Gasteiger partial charge in [0.15, 0.2) is 10.7 Å². The number of carbonyl (C=O) groups is 1. The number of amides is 1. The maximum Gasteiger partial charge on any atom is 0.256 e. The van der Waals surface area contributed by atoms with Crippen LogP contribution in [0.25, 0.3) is 0 Å². The summed E-state index contributed by atoms with van der Waals surface area (Å²) in [4.78, 5) is 12.7.